The third-order valence-corrected chi connectivity index (χ3v) is 11.8. The number of allylic oxidation sites excluding steroid dienone is 4. The molecule has 0 N–H and O–H groups in total. The van der Waals surface area contributed by atoms with Crippen LogP contribution in [-0.4, -0.2) is 12.8 Å². The molecule has 0 aromatic heterocycles. The first-order valence-electron chi connectivity index (χ1n) is 17.3. The first-order valence-corrected chi connectivity index (χ1v) is 19.9. The van der Waals surface area contributed by atoms with E-state index in [0.717, 1.165) is 0 Å². The van der Waals surface area contributed by atoms with Gasteiger partial charge in [0.05, 0.1) is 5.54 Å². The minimum Gasteiger partial charge on any atom is -0.418 e. The van der Waals surface area contributed by atoms with Gasteiger partial charge in [0.25, 0.3) is 0 Å². The van der Waals surface area contributed by atoms with Crippen LogP contribution in [0.1, 0.15) is 20.8 Å². The SMILES string of the molecule is CC(C)(C)N=O.F[B-](F)(F)F.[CH]1C=CC=C1.[Ru+].c1ccc(P(c2ccccc2)c2ccccc2)cc1.c1ccc(P(c2ccccc2)c2ccccc2)cc1. The van der Waals surface area contributed by atoms with E-state index in [1.165, 1.54) is 31.8 Å². The summed E-state index contributed by atoms with van der Waals surface area (Å²) in [5.74, 6) is 0. The Balaban J connectivity index is 0.000000270. The molecule has 10 heteroatoms. The number of nitroso groups, excluding NO2 is 1. The van der Waals surface area contributed by atoms with Crippen molar-refractivity contribution in [1.82, 2.24) is 0 Å². The van der Waals surface area contributed by atoms with Crippen molar-refractivity contribution in [3.63, 3.8) is 0 Å². The zero-order valence-electron chi connectivity index (χ0n) is 30.9. The number of nitrogens with zero attached hydrogens (tertiary/aromatic N) is 1. The Morgan fingerprint density at radius 2 is 0.564 bits per heavy atom. The standard InChI is InChI=1S/2C18H15P.C5H5.C4H9NO.BF4.Ru/c2*1-4-10-16(11-5-1)19(17-12-6-2-7-13-17)18-14-8-3-9-15-18;1-2-4-5-3-1;1-4(2,3)5-6;2-1(3,4)5;/h2*1-15H;1-5H;1-3H3;;/q;;;;-1;+1. The average Bonchev–Trinajstić information content (AvgIpc) is 3.78. The summed E-state index contributed by atoms with van der Waals surface area (Å²) in [6.07, 6.45) is 10.0. The molecule has 7 rings (SSSR count). The Morgan fingerprint density at radius 3 is 0.673 bits per heavy atom. The minimum absolute atomic E-state index is 0. The van der Waals surface area contributed by atoms with Crippen LogP contribution in [0.3, 0.4) is 0 Å². The fourth-order valence-corrected chi connectivity index (χ4v) is 9.29. The summed E-state index contributed by atoms with van der Waals surface area (Å²) in [6, 6.07) is 64.7. The monoisotopic (exact) mass is 865 g/mol. The molecule has 0 amide bonds. The predicted octanol–water partition coefficient (Wildman–Crippen LogP) is 11.1. The van der Waals surface area contributed by atoms with Gasteiger partial charge in [0, 0.05) is 6.42 Å². The summed E-state index contributed by atoms with van der Waals surface area (Å²) >= 11 is 0. The summed E-state index contributed by atoms with van der Waals surface area (Å²) < 4.78 is 39.0. The van der Waals surface area contributed by atoms with Gasteiger partial charge in [-0.05, 0) is 68.4 Å². The van der Waals surface area contributed by atoms with Crippen molar-refractivity contribution in [2.45, 2.75) is 26.3 Å². The molecule has 55 heavy (non-hydrogen) atoms. The van der Waals surface area contributed by atoms with E-state index < -0.39 is 23.1 Å². The molecular weight excluding hydrogens is 820 g/mol. The van der Waals surface area contributed by atoms with Crippen LogP contribution in [0.4, 0.5) is 17.3 Å². The van der Waals surface area contributed by atoms with E-state index in [0.29, 0.717) is 0 Å². The van der Waals surface area contributed by atoms with Crippen molar-refractivity contribution < 1.29 is 36.7 Å². The second-order valence-electron chi connectivity index (χ2n) is 12.4. The molecule has 0 atom stereocenters. The van der Waals surface area contributed by atoms with Crippen molar-refractivity contribution in [2.24, 2.45) is 5.18 Å². The average molecular weight is 865 g/mol. The smallest absolute Gasteiger partial charge is 0.418 e. The van der Waals surface area contributed by atoms with Gasteiger partial charge in [0.1, 0.15) is 0 Å². The Kier molecular flexibility index (Phi) is 21.9. The van der Waals surface area contributed by atoms with Crippen molar-refractivity contribution >= 4 is 54.9 Å². The maximum absolute atomic E-state index is 9.75. The van der Waals surface area contributed by atoms with E-state index in [2.05, 4.69) is 187 Å². The van der Waals surface area contributed by atoms with Crippen LogP contribution < -0.4 is 31.8 Å². The van der Waals surface area contributed by atoms with Crippen LogP contribution in [0.25, 0.3) is 0 Å². The van der Waals surface area contributed by atoms with E-state index in [9.17, 15) is 22.2 Å². The molecule has 6 aromatic carbocycles. The van der Waals surface area contributed by atoms with E-state index >= 15 is 0 Å². The first kappa shape index (κ1) is 46.8. The van der Waals surface area contributed by atoms with Crippen LogP contribution in [-0.2, 0) is 19.5 Å². The molecule has 0 fully saturated rings. The second-order valence-corrected chi connectivity index (χ2v) is 16.8. The van der Waals surface area contributed by atoms with Gasteiger partial charge in [-0.25, -0.2) is 0 Å². The molecule has 2 radical (unpaired) electrons. The number of benzene rings is 6. The predicted molar refractivity (Wildman–Crippen MR) is 229 cm³/mol. The first-order chi connectivity index (χ1) is 26.0. The van der Waals surface area contributed by atoms with Crippen LogP contribution in [0.2, 0.25) is 0 Å². The van der Waals surface area contributed by atoms with Gasteiger partial charge in [-0.3, -0.25) is 0 Å². The summed E-state index contributed by atoms with van der Waals surface area (Å²) in [5, 5.41) is 11.2. The number of hydrogen-bond donors (Lipinski definition) is 0. The van der Waals surface area contributed by atoms with Gasteiger partial charge in [-0.15, -0.1) is 0 Å². The largest absolute Gasteiger partial charge is 1.00 e. The Labute approximate surface area is 339 Å². The fraction of sp³-hybridized carbons (Fsp3) is 0.0889. The maximum atomic E-state index is 9.75. The van der Waals surface area contributed by atoms with Crippen LogP contribution in [0, 0.1) is 11.3 Å². The number of halogens is 4. The molecular formula is C45H44BF4NOP2Ru. The Morgan fingerprint density at radius 1 is 0.400 bits per heavy atom. The molecule has 0 unspecified atom stereocenters. The van der Waals surface area contributed by atoms with Gasteiger partial charge in [0.2, 0.25) is 0 Å². The van der Waals surface area contributed by atoms with Crippen molar-refractivity contribution in [3.05, 3.63) is 218 Å². The molecule has 6 aromatic rings. The molecule has 2 nitrogen and oxygen atoms in total. The normalized spacial score (nSPS) is 11.2. The quantitative estimate of drug-likeness (QED) is 0.0710. The van der Waals surface area contributed by atoms with E-state index in [-0.39, 0.29) is 25.0 Å². The zero-order valence-corrected chi connectivity index (χ0v) is 34.4. The summed E-state index contributed by atoms with van der Waals surface area (Å²) in [7, 11) is -6.89. The molecule has 0 spiro atoms. The minimum atomic E-state index is -6.00. The number of hydrogen-bond acceptors (Lipinski definition) is 2. The van der Waals surface area contributed by atoms with Crippen LogP contribution in [0.15, 0.2) is 211 Å². The van der Waals surface area contributed by atoms with Crippen LogP contribution >= 0.6 is 15.8 Å². The van der Waals surface area contributed by atoms with Gasteiger partial charge < -0.3 is 17.3 Å². The van der Waals surface area contributed by atoms with Gasteiger partial charge >= 0.3 is 26.7 Å². The molecule has 0 aliphatic heterocycles. The molecule has 0 saturated carbocycles. The molecule has 1 aliphatic carbocycles. The number of rotatable bonds is 6. The third-order valence-electron chi connectivity index (χ3n) is 6.92. The summed E-state index contributed by atoms with van der Waals surface area (Å²) in [6.45, 7) is 5.29. The Hall–Kier alpha value is -4.33. The van der Waals surface area contributed by atoms with E-state index in [1.54, 1.807) is 20.8 Å². The molecule has 0 heterocycles. The van der Waals surface area contributed by atoms with Gasteiger partial charge in [-0.2, -0.15) is 4.91 Å². The molecule has 1 aliphatic rings. The van der Waals surface area contributed by atoms with E-state index in [4.69, 9.17) is 0 Å². The fourth-order valence-electron chi connectivity index (χ4n) is 4.68. The third kappa shape index (κ3) is 19.7. The molecule has 0 bridgehead atoms. The van der Waals surface area contributed by atoms with Crippen molar-refractivity contribution in [2.75, 3.05) is 0 Å². The van der Waals surface area contributed by atoms with Gasteiger partial charge in [0.15, 0.2) is 0 Å². The maximum Gasteiger partial charge on any atom is 1.00 e. The van der Waals surface area contributed by atoms with Crippen LogP contribution in [0.5, 0.6) is 0 Å². The van der Waals surface area contributed by atoms with Crippen molar-refractivity contribution in [3.8, 4) is 0 Å². The zero-order chi connectivity index (χ0) is 39.1. The molecule has 0 saturated heterocycles. The Bertz CT molecular complexity index is 1610. The van der Waals surface area contributed by atoms with E-state index in [1.807, 2.05) is 30.7 Å². The second kappa shape index (κ2) is 25.7. The summed E-state index contributed by atoms with van der Waals surface area (Å²) in [4.78, 5) is 9.58. The van der Waals surface area contributed by atoms with Gasteiger partial charge in [-0.1, -0.05) is 211 Å². The van der Waals surface area contributed by atoms with Crippen molar-refractivity contribution in [1.29, 1.82) is 0 Å². The molecule has 284 valence electrons. The topological polar surface area (TPSA) is 29.4 Å². The summed E-state index contributed by atoms with van der Waals surface area (Å²) in [5.41, 5.74) is -0.389.